The van der Waals surface area contributed by atoms with Crippen molar-refractivity contribution in [2.45, 2.75) is 12.1 Å². The van der Waals surface area contributed by atoms with Crippen molar-refractivity contribution in [1.29, 1.82) is 5.26 Å². The predicted octanol–water partition coefficient (Wildman–Crippen LogP) is 4.15. The maximum absolute atomic E-state index is 12.0. The first-order valence-corrected chi connectivity index (χ1v) is 8.75. The average molecular weight is 371 g/mol. The van der Waals surface area contributed by atoms with E-state index in [1.165, 1.54) is 0 Å². The first-order chi connectivity index (χ1) is 13.7. The maximum Gasteiger partial charge on any atom is 0.408 e. The van der Waals surface area contributed by atoms with Crippen molar-refractivity contribution in [1.82, 2.24) is 10.3 Å². The number of hydrogen-bond acceptors (Lipinski definition) is 5. The lowest BCUT2D eigenvalue weighted by Crippen LogP contribution is -2.19. The highest BCUT2D eigenvalue weighted by atomic mass is 16.6. The molecular formula is C22H17N3O3. The molecule has 1 aliphatic heterocycles. The summed E-state index contributed by atoms with van der Waals surface area (Å²) >= 11 is 0. The number of benzene rings is 2. The smallest absolute Gasteiger partial charge is 0.408 e. The van der Waals surface area contributed by atoms with Gasteiger partial charge in [-0.25, -0.2) is 9.78 Å². The Balaban J connectivity index is 1.68. The summed E-state index contributed by atoms with van der Waals surface area (Å²) in [4.78, 5) is 16.1. The molecule has 0 bridgehead atoms. The van der Waals surface area contributed by atoms with Gasteiger partial charge in [0, 0.05) is 11.8 Å². The Labute approximate surface area is 162 Å². The first kappa shape index (κ1) is 17.6. The van der Waals surface area contributed by atoms with Crippen LogP contribution in [0.1, 0.15) is 29.0 Å². The number of cyclic esters (lactones) is 1. The van der Waals surface area contributed by atoms with Crippen molar-refractivity contribution < 1.29 is 14.3 Å². The molecule has 4 rings (SSSR count). The number of carbonyl (C=O) groups excluding carboxylic acids is 1. The number of nitrogens with one attached hydrogen (secondary N) is 1. The number of methoxy groups -OCH3 is 1. The number of pyridine rings is 1. The van der Waals surface area contributed by atoms with Crippen molar-refractivity contribution in [2.24, 2.45) is 0 Å². The van der Waals surface area contributed by atoms with Gasteiger partial charge in [-0.2, -0.15) is 5.26 Å². The van der Waals surface area contributed by atoms with Crippen molar-refractivity contribution >= 4 is 6.09 Å². The highest BCUT2D eigenvalue weighted by Gasteiger charge is 2.36. The molecule has 3 aromatic rings. The molecule has 1 saturated heterocycles. The molecule has 138 valence electrons. The summed E-state index contributed by atoms with van der Waals surface area (Å²) in [5.74, 6) is 0.705. The van der Waals surface area contributed by atoms with E-state index in [4.69, 9.17) is 14.7 Å². The number of amides is 1. The van der Waals surface area contributed by atoms with Crippen molar-refractivity contribution in [3.63, 3.8) is 0 Å². The minimum Gasteiger partial charge on any atom is -0.497 e. The van der Waals surface area contributed by atoms with Gasteiger partial charge in [0.05, 0.1) is 13.2 Å². The van der Waals surface area contributed by atoms with Crippen LogP contribution in [0.25, 0.3) is 11.1 Å². The maximum atomic E-state index is 12.0. The Morgan fingerprint density at radius 2 is 1.89 bits per heavy atom. The Morgan fingerprint density at radius 1 is 1.07 bits per heavy atom. The van der Waals surface area contributed by atoms with Crippen LogP contribution in [0.3, 0.4) is 0 Å². The third-order valence-corrected chi connectivity index (χ3v) is 4.69. The second-order valence-corrected chi connectivity index (χ2v) is 6.39. The van der Waals surface area contributed by atoms with Crippen LogP contribution in [0.15, 0.2) is 66.9 Å². The summed E-state index contributed by atoms with van der Waals surface area (Å²) in [6, 6.07) is 20.6. The Hall–Kier alpha value is -3.85. The minimum absolute atomic E-state index is 0.328. The number of nitrogens with zero attached hydrogens (tertiary/aromatic N) is 2. The highest BCUT2D eigenvalue weighted by Crippen LogP contribution is 2.38. The zero-order valence-corrected chi connectivity index (χ0v) is 15.1. The fourth-order valence-corrected chi connectivity index (χ4v) is 3.30. The van der Waals surface area contributed by atoms with Crippen LogP contribution in [0.2, 0.25) is 0 Å². The summed E-state index contributed by atoms with van der Waals surface area (Å²) in [7, 11) is 1.60. The summed E-state index contributed by atoms with van der Waals surface area (Å²) in [5.41, 5.74) is 3.98. The van der Waals surface area contributed by atoms with Gasteiger partial charge in [-0.1, -0.05) is 30.3 Å². The Kier molecular flexibility index (Phi) is 4.65. The normalized spacial score (nSPS) is 18.1. The van der Waals surface area contributed by atoms with Crippen LogP contribution in [0.5, 0.6) is 5.75 Å². The molecule has 2 aromatic carbocycles. The van der Waals surface area contributed by atoms with Crippen LogP contribution in [0, 0.1) is 11.3 Å². The lowest BCUT2D eigenvalue weighted by Gasteiger charge is -2.19. The molecule has 0 radical (unpaired) electrons. The standard InChI is InChI=1S/C22H17N3O3/c1-27-19-7-3-6-16(11-19)21-20(25-22(26)28-21)15-5-2-4-14(10-15)17-8-9-18(12-23)24-13-17/h2-11,13,20-21H,1H3,(H,25,26)/t20-,21-/m1/s1. The van der Waals surface area contributed by atoms with E-state index in [1.807, 2.05) is 60.7 Å². The van der Waals surface area contributed by atoms with E-state index in [9.17, 15) is 4.79 Å². The highest BCUT2D eigenvalue weighted by molar-refractivity contribution is 5.72. The molecule has 1 aliphatic rings. The summed E-state index contributed by atoms with van der Waals surface area (Å²) in [6.45, 7) is 0. The molecule has 1 N–H and O–H groups in total. The van der Waals surface area contributed by atoms with Gasteiger partial charge in [0.1, 0.15) is 17.5 Å². The van der Waals surface area contributed by atoms with E-state index in [2.05, 4.69) is 10.3 Å². The van der Waals surface area contributed by atoms with E-state index in [1.54, 1.807) is 19.4 Å². The summed E-state index contributed by atoms with van der Waals surface area (Å²) in [5, 5.41) is 11.8. The van der Waals surface area contributed by atoms with Gasteiger partial charge in [0.25, 0.3) is 0 Å². The van der Waals surface area contributed by atoms with E-state index in [0.29, 0.717) is 11.4 Å². The molecule has 0 saturated carbocycles. The SMILES string of the molecule is COc1cccc([C@H]2OC(=O)N[C@@H]2c2cccc(-c3ccc(C#N)nc3)c2)c1. The molecule has 1 fully saturated rings. The lowest BCUT2D eigenvalue weighted by molar-refractivity contribution is 0.132. The van der Waals surface area contributed by atoms with Gasteiger partial charge in [-0.3, -0.25) is 0 Å². The van der Waals surface area contributed by atoms with Gasteiger partial charge in [-0.05, 0) is 47.0 Å². The zero-order valence-electron chi connectivity index (χ0n) is 15.1. The molecule has 0 unspecified atom stereocenters. The van der Waals surface area contributed by atoms with Crippen LogP contribution in [-0.4, -0.2) is 18.2 Å². The van der Waals surface area contributed by atoms with E-state index in [-0.39, 0.29) is 6.04 Å². The molecule has 6 nitrogen and oxygen atoms in total. The molecule has 1 amide bonds. The number of ether oxygens (including phenoxy) is 2. The third kappa shape index (κ3) is 3.38. The second-order valence-electron chi connectivity index (χ2n) is 6.39. The molecule has 2 atom stereocenters. The Bertz CT molecular complexity index is 1060. The van der Waals surface area contributed by atoms with Crippen LogP contribution in [-0.2, 0) is 4.74 Å². The van der Waals surface area contributed by atoms with Crippen LogP contribution in [0.4, 0.5) is 4.79 Å². The number of carbonyl (C=O) groups is 1. The van der Waals surface area contributed by atoms with Crippen molar-refractivity contribution in [3.8, 4) is 22.9 Å². The number of nitriles is 1. The van der Waals surface area contributed by atoms with Crippen LogP contribution < -0.4 is 10.1 Å². The Morgan fingerprint density at radius 3 is 2.64 bits per heavy atom. The van der Waals surface area contributed by atoms with Crippen molar-refractivity contribution in [2.75, 3.05) is 7.11 Å². The predicted molar refractivity (Wildman–Crippen MR) is 102 cm³/mol. The van der Waals surface area contributed by atoms with Crippen LogP contribution >= 0.6 is 0 Å². The molecule has 2 heterocycles. The molecule has 0 aliphatic carbocycles. The average Bonchev–Trinajstić information content (AvgIpc) is 3.16. The quantitative estimate of drug-likeness (QED) is 0.745. The fraction of sp³-hybridized carbons (Fsp3) is 0.136. The molecular weight excluding hydrogens is 354 g/mol. The van der Waals surface area contributed by atoms with E-state index in [0.717, 1.165) is 22.3 Å². The summed E-state index contributed by atoms with van der Waals surface area (Å²) in [6.07, 6.45) is 0.751. The molecule has 6 heteroatoms. The van der Waals surface area contributed by atoms with Gasteiger partial charge >= 0.3 is 6.09 Å². The van der Waals surface area contributed by atoms with Gasteiger partial charge in [0.2, 0.25) is 0 Å². The second kappa shape index (κ2) is 7.41. The van der Waals surface area contributed by atoms with Gasteiger partial charge in [-0.15, -0.1) is 0 Å². The van der Waals surface area contributed by atoms with E-state index < -0.39 is 12.2 Å². The fourth-order valence-electron chi connectivity index (χ4n) is 3.30. The van der Waals surface area contributed by atoms with E-state index >= 15 is 0 Å². The largest absolute Gasteiger partial charge is 0.497 e. The first-order valence-electron chi connectivity index (χ1n) is 8.75. The number of rotatable bonds is 4. The molecule has 28 heavy (non-hydrogen) atoms. The minimum atomic E-state index is -0.461. The topological polar surface area (TPSA) is 84.2 Å². The monoisotopic (exact) mass is 371 g/mol. The third-order valence-electron chi connectivity index (χ3n) is 4.69. The lowest BCUT2D eigenvalue weighted by atomic mass is 9.94. The number of alkyl carbamates (subject to hydrolysis) is 1. The van der Waals surface area contributed by atoms with Gasteiger partial charge < -0.3 is 14.8 Å². The number of hydrogen-bond donors (Lipinski definition) is 1. The van der Waals surface area contributed by atoms with Crippen molar-refractivity contribution in [3.05, 3.63) is 83.7 Å². The summed E-state index contributed by atoms with van der Waals surface area (Å²) < 4.78 is 10.8. The number of aromatic nitrogens is 1. The molecule has 0 spiro atoms. The molecule has 1 aromatic heterocycles. The van der Waals surface area contributed by atoms with Gasteiger partial charge in [0.15, 0.2) is 6.10 Å². The zero-order chi connectivity index (χ0) is 19.5.